The number of phosphoric ester groups is 1. The molecule has 6 atom stereocenters. The van der Waals surface area contributed by atoms with Gasteiger partial charge < -0.3 is 35.2 Å². The van der Waals surface area contributed by atoms with Gasteiger partial charge in [-0.1, -0.05) is 0 Å². The van der Waals surface area contributed by atoms with E-state index in [1.807, 2.05) is 0 Å². The van der Waals surface area contributed by atoms with Crippen LogP contribution in [-0.2, 0) is 31.6 Å². The second-order valence-electron chi connectivity index (χ2n) is 6.08. The minimum absolute atomic E-state index is 0.0508. The summed E-state index contributed by atoms with van der Waals surface area (Å²) < 4.78 is 65.9. The van der Waals surface area contributed by atoms with E-state index in [2.05, 4.69) is 18.1 Å². The molecule has 0 radical (unpaired) electrons. The summed E-state index contributed by atoms with van der Waals surface area (Å²) in [4.78, 5) is 39.2. The number of nitrogens with zero attached hydrogens (tertiary/aromatic N) is 2. The summed E-state index contributed by atoms with van der Waals surface area (Å²) in [5.74, 6) is 0.0508. The molecule has 172 valence electrons. The average Bonchev–Trinajstić information content (AvgIpc) is 2.73. The molecule has 0 aliphatic carbocycles. The number of hydrogen-bond donors (Lipinski definition) is 6. The van der Waals surface area contributed by atoms with Crippen LogP contribution in [0.4, 0.5) is 10.2 Å². The van der Waals surface area contributed by atoms with Crippen molar-refractivity contribution < 1.29 is 60.6 Å². The van der Waals surface area contributed by atoms with Crippen LogP contribution in [0.3, 0.4) is 0 Å². The molecule has 1 aliphatic rings. The second-order valence-corrected chi connectivity index (χ2v) is 10.9. The Bertz CT molecular complexity index is 1000. The van der Waals surface area contributed by atoms with Crippen LogP contribution in [0.1, 0.15) is 13.2 Å². The zero-order valence-corrected chi connectivity index (χ0v) is 18.3. The summed E-state index contributed by atoms with van der Waals surface area (Å²) in [6.45, 7) is -0.0431. The lowest BCUT2D eigenvalue weighted by Crippen LogP contribution is -2.42. The zero-order valence-electron chi connectivity index (χ0n) is 14.8. The second kappa shape index (κ2) is 8.71. The van der Waals surface area contributed by atoms with E-state index in [4.69, 9.17) is 37.4 Å². The molecule has 30 heavy (non-hydrogen) atoms. The highest BCUT2D eigenvalue weighted by molar-refractivity contribution is 7.71. The summed E-state index contributed by atoms with van der Waals surface area (Å²) in [6, 6.07) is 1.29. The summed E-state index contributed by atoms with van der Waals surface area (Å²) in [7, 11) is -16.8. The highest BCUT2D eigenvalue weighted by atomic mass is 32.1. The van der Waals surface area contributed by atoms with Gasteiger partial charge in [-0.25, -0.2) is 23.1 Å². The van der Waals surface area contributed by atoms with Crippen molar-refractivity contribution in [2.45, 2.75) is 31.0 Å². The zero-order chi connectivity index (χ0) is 23.1. The first-order valence-electron chi connectivity index (χ1n) is 7.58. The number of aliphatic hydroxyl groups is 1. The van der Waals surface area contributed by atoms with Gasteiger partial charge in [-0.15, -0.1) is 0 Å². The maximum Gasteiger partial charge on any atom is 0.490 e. The predicted octanol–water partition coefficient (Wildman–Crippen LogP) is 0.525. The largest absolute Gasteiger partial charge is 0.490 e. The topological polar surface area (TPSA) is 233 Å². The fourth-order valence-electron chi connectivity index (χ4n) is 2.43. The van der Waals surface area contributed by atoms with Gasteiger partial charge in [0.2, 0.25) is 4.77 Å². The highest BCUT2D eigenvalue weighted by Gasteiger charge is 2.55. The Morgan fingerprint density at radius 2 is 1.90 bits per heavy atom. The fourth-order valence-corrected chi connectivity index (χ4v) is 5.72. The van der Waals surface area contributed by atoms with Crippen molar-refractivity contribution in [3.8, 4) is 0 Å². The van der Waals surface area contributed by atoms with Gasteiger partial charge in [-0.3, -0.25) is 9.09 Å². The molecule has 1 saturated heterocycles. The standard InChI is InChI=1S/C10H17FN3O12P3S/c1-10(15)7(11)5(24-8(10)14-3-2-6(12)13-9(14)30)4-23-28(19,20)26-29(21,22)25-27(16,17)18/h2-3,5,7-8,15H,4H2,1H3,(H,19,20)(H,21,22)(H2,12,13,30)(H2,16,17,18)/t5-,7?,8-,10-/m1/s1. The first-order chi connectivity index (χ1) is 13.4. The average molecular weight is 515 g/mol. The van der Waals surface area contributed by atoms with Crippen LogP contribution in [0.25, 0.3) is 0 Å². The van der Waals surface area contributed by atoms with Crippen LogP contribution in [-0.4, -0.2) is 58.7 Å². The monoisotopic (exact) mass is 515 g/mol. The highest BCUT2D eigenvalue weighted by Crippen LogP contribution is 2.66. The molecule has 3 unspecified atom stereocenters. The predicted molar refractivity (Wildman–Crippen MR) is 96.7 cm³/mol. The molecule has 2 heterocycles. The third kappa shape index (κ3) is 6.43. The number of nitrogen functional groups attached to an aromatic ring is 1. The van der Waals surface area contributed by atoms with Crippen molar-refractivity contribution in [2.24, 2.45) is 0 Å². The van der Waals surface area contributed by atoms with Crippen LogP contribution >= 0.6 is 35.7 Å². The van der Waals surface area contributed by atoms with Crippen molar-refractivity contribution in [3.63, 3.8) is 0 Å². The molecule has 0 bridgehead atoms. The Balaban J connectivity index is 2.12. The van der Waals surface area contributed by atoms with Gasteiger partial charge in [0, 0.05) is 6.20 Å². The van der Waals surface area contributed by atoms with Gasteiger partial charge in [0.25, 0.3) is 0 Å². The van der Waals surface area contributed by atoms with Crippen LogP contribution in [0.5, 0.6) is 0 Å². The first-order valence-corrected chi connectivity index (χ1v) is 12.5. The Morgan fingerprint density at radius 3 is 2.43 bits per heavy atom. The van der Waals surface area contributed by atoms with Gasteiger partial charge in [0.15, 0.2) is 12.4 Å². The van der Waals surface area contributed by atoms with Crippen LogP contribution < -0.4 is 5.73 Å². The van der Waals surface area contributed by atoms with E-state index < -0.39 is 54.2 Å². The molecule has 1 aromatic rings. The molecule has 7 N–H and O–H groups in total. The lowest BCUT2D eigenvalue weighted by Gasteiger charge is -2.27. The van der Waals surface area contributed by atoms with Crippen LogP contribution in [0, 0.1) is 4.77 Å². The summed E-state index contributed by atoms with van der Waals surface area (Å²) in [6.07, 6.45) is -4.10. The molecule has 15 nitrogen and oxygen atoms in total. The fraction of sp³-hybridized carbons (Fsp3) is 0.600. The van der Waals surface area contributed by atoms with E-state index >= 15 is 0 Å². The molecule has 0 amide bonds. The molecule has 0 spiro atoms. The Hall–Kier alpha value is -0.640. The van der Waals surface area contributed by atoms with Gasteiger partial charge in [-0.05, 0) is 25.2 Å². The number of phosphoric acid groups is 3. The van der Waals surface area contributed by atoms with Gasteiger partial charge in [0.05, 0.1) is 6.61 Å². The summed E-state index contributed by atoms with van der Waals surface area (Å²) in [5.41, 5.74) is 3.25. The van der Waals surface area contributed by atoms with Crippen molar-refractivity contribution in [2.75, 3.05) is 12.3 Å². The van der Waals surface area contributed by atoms with Gasteiger partial charge in [-0.2, -0.15) is 8.62 Å². The van der Waals surface area contributed by atoms with Gasteiger partial charge in [0.1, 0.15) is 17.5 Å². The van der Waals surface area contributed by atoms with Crippen molar-refractivity contribution in [3.05, 3.63) is 17.0 Å². The number of aromatic nitrogens is 2. The number of rotatable bonds is 8. The Labute approximate surface area is 172 Å². The van der Waals surface area contributed by atoms with E-state index in [0.29, 0.717) is 0 Å². The quantitative estimate of drug-likeness (QED) is 0.205. The lowest BCUT2D eigenvalue weighted by atomic mass is 9.98. The minimum atomic E-state index is -5.73. The maximum atomic E-state index is 14.7. The van der Waals surface area contributed by atoms with E-state index in [0.717, 1.165) is 11.5 Å². The Morgan fingerprint density at radius 1 is 1.30 bits per heavy atom. The number of nitrogens with two attached hydrogens (primary N) is 1. The first kappa shape index (κ1) is 25.6. The summed E-state index contributed by atoms with van der Waals surface area (Å²) in [5, 5.41) is 10.4. The normalized spacial score (nSPS) is 31.2. The molecule has 20 heteroatoms. The van der Waals surface area contributed by atoms with Crippen molar-refractivity contribution in [1.82, 2.24) is 9.55 Å². The number of ether oxygens (including phenoxy) is 1. The SMILES string of the molecule is C[C@@]1(O)C(F)[C@@H](COP(=O)(O)OP(=O)(O)OP(=O)(O)O)O[C@H]1n1ccc(N)nc1=S. The third-order valence-electron chi connectivity index (χ3n) is 3.61. The number of anilines is 1. The van der Waals surface area contributed by atoms with Crippen LogP contribution in [0.15, 0.2) is 12.3 Å². The van der Waals surface area contributed by atoms with Crippen LogP contribution in [0.2, 0.25) is 0 Å². The van der Waals surface area contributed by atoms with E-state index in [1.165, 1.54) is 12.3 Å². The molecule has 0 saturated carbocycles. The number of halogens is 1. The Kier molecular flexibility index (Phi) is 7.44. The lowest BCUT2D eigenvalue weighted by molar-refractivity contribution is -0.0919. The number of hydrogen-bond acceptors (Lipinski definition) is 11. The molecule has 2 rings (SSSR count). The maximum absolute atomic E-state index is 14.7. The van der Waals surface area contributed by atoms with Crippen molar-refractivity contribution in [1.29, 1.82) is 0 Å². The van der Waals surface area contributed by atoms with E-state index in [1.54, 1.807) is 0 Å². The molecular formula is C10H17FN3O12P3S. The molecular weight excluding hydrogens is 498 g/mol. The molecule has 1 aliphatic heterocycles. The summed E-state index contributed by atoms with van der Waals surface area (Å²) >= 11 is 4.97. The van der Waals surface area contributed by atoms with E-state index in [9.17, 15) is 28.1 Å². The van der Waals surface area contributed by atoms with Crippen molar-refractivity contribution >= 4 is 41.5 Å². The van der Waals surface area contributed by atoms with Gasteiger partial charge >= 0.3 is 23.5 Å². The smallest absolute Gasteiger partial charge is 0.384 e. The van der Waals surface area contributed by atoms with E-state index in [-0.39, 0.29) is 10.6 Å². The molecule has 1 fully saturated rings. The molecule has 0 aromatic carbocycles. The number of alkyl halides is 1. The third-order valence-corrected chi connectivity index (χ3v) is 7.72. The minimum Gasteiger partial charge on any atom is -0.384 e. The molecule has 1 aromatic heterocycles.